The molecule has 8 nitrogen and oxygen atoms in total. The first-order valence-corrected chi connectivity index (χ1v) is 7.91. The third kappa shape index (κ3) is 5.45. The van der Waals surface area contributed by atoms with Crippen LogP contribution in [0, 0.1) is 0 Å². The molecule has 1 amide bonds. The van der Waals surface area contributed by atoms with Gasteiger partial charge >= 0.3 is 5.97 Å². The van der Waals surface area contributed by atoms with Crippen LogP contribution in [0.15, 0.2) is 42.6 Å². The van der Waals surface area contributed by atoms with Crippen LogP contribution in [-0.4, -0.2) is 42.2 Å². The number of hydrogen-bond donors (Lipinski definition) is 3. The van der Waals surface area contributed by atoms with Gasteiger partial charge in [0.05, 0.1) is 32.0 Å². The minimum Gasteiger partial charge on any atom is -0.497 e. The van der Waals surface area contributed by atoms with Crippen LogP contribution in [-0.2, 0) is 16.1 Å². The number of rotatable bonds is 9. The third-order valence-electron chi connectivity index (χ3n) is 3.63. The van der Waals surface area contributed by atoms with Gasteiger partial charge in [-0.3, -0.25) is 19.9 Å². The van der Waals surface area contributed by atoms with E-state index in [9.17, 15) is 14.7 Å². The molecule has 0 fully saturated rings. The van der Waals surface area contributed by atoms with Gasteiger partial charge in [0.15, 0.2) is 0 Å². The lowest BCUT2D eigenvalue weighted by molar-refractivity contribution is -0.141. The Balaban J connectivity index is 1.98. The molecule has 2 aromatic rings. The molecular formula is C18H21N3O5. The van der Waals surface area contributed by atoms with Crippen molar-refractivity contribution >= 4 is 17.6 Å². The molecule has 0 saturated carbocycles. The van der Waals surface area contributed by atoms with Crippen molar-refractivity contribution in [3.05, 3.63) is 48.3 Å². The standard InChI is InChI=1S/C18H21N3O5/c1-25-13-6-7-14(16(9-13)26-2)21-17(22)10-15(18(23)24)20-11-12-5-3-4-8-19-12/h3-9,15,20H,10-11H2,1-2H3,(H,21,22)(H,23,24). The molecule has 0 aliphatic rings. The molecule has 1 aromatic heterocycles. The van der Waals surface area contributed by atoms with Gasteiger partial charge in [0, 0.05) is 18.8 Å². The number of aromatic nitrogens is 1. The number of carboxylic acid groups (broad SMARTS) is 1. The van der Waals surface area contributed by atoms with Crippen LogP contribution in [0.25, 0.3) is 0 Å². The Bertz CT molecular complexity index is 752. The van der Waals surface area contributed by atoms with Crippen molar-refractivity contribution in [1.29, 1.82) is 0 Å². The second-order valence-electron chi connectivity index (χ2n) is 5.41. The van der Waals surface area contributed by atoms with E-state index in [1.165, 1.54) is 14.2 Å². The van der Waals surface area contributed by atoms with E-state index in [4.69, 9.17) is 9.47 Å². The van der Waals surface area contributed by atoms with Crippen molar-refractivity contribution in [2.45, 2.75) is 19.0 Å². The zero-order valence-electron chi connectivity index (χ0n) is 14.6. The second kappa shape index (κ2) is 9.38. The molecule has 0 aliphatic heterocycles. The average Bonchev–Trinajstić information content (AvgIpc) is 2.66. The van der Waals surface area contributed by atoms with E-state index in [-0.39, 0.29) is 13.0 Å². The van der Waals surface area contributed by atoms with E-state index in [0.29, 0.717) is 22.9 Å². The fraction of sp³-hybridized carbons (Fsp3) is 0.278. The van der Waals surface area contributed by atoms with Crippen LogP contribution >= 0.6 is 0 Å². The van der Waals surface area contributed by atoms with Crippen LogP contribution in [0.5, 0.6) is 11.5 Å². The molecule has 0 aliphatic carbocycles. The summed E-state index contributed by atoms with van der Waals surface area (Å²) in [5.41, 5.74) is 1.13. The molecule has 8 heteroatoms. The molecule has 1 aromatic carbocycles. The van der Waals surface area contributed by atoms with Gasteiger partial charge in [-0.1, -0.05) is 6.07 Å². The number of carbonyl (C=O) groups is 2. The fourth-order valence-corrected chi connectivity index (χ4v) is 2.27. The predicted molar refractivity (Wildman–Crippen MR) is 95.3 cm³/mol. The summed E-state index contributed by atoms with van der Waals surface area (Å²) in [7, 11) is 3.00. The molecule has 26 heavy (non-hydrogen) atoms. The quantitative estimate of drug-likeness (QED) is 0.625. The third-order valence-corrected chi connectivity index (χ3v) is 3.63. The number of nitrogens with zero attached hydrogens (tertiary/aromatic N) is 1. The van der Waals surface area contributed by atoms with Gasteiger partial charge < -0.3 is 19.9 Å². The highest BCUT2D eigenvalue weighted by molar-refractivity contribution is 5.95. The zero-order valence-corrected chi connectivity index (χ0v) is 14.6. The Morgan fingerprint density at radius 1 is 1.19 bits per heavy atom. The summed E-state index contributed by atoms with van der Waals surface area (Å²) in [6.07, 6.45) is 1.38. The summed E-state index contributed by atoms with van der Waals surface area (Å²) in [4.78, 5) is 27.8. The van der Waals surface area contributed by atoms with Crippen molar-refractivity contribution in [2.24, 2.45) is 0 Å². The van der Waals surface area contributed by atoms with Gasteiger partial charge in [-0.05, 0) is 24.3 Å². The minimum absolute atomic E-state index is 0.239. The number of benzene rings is 1. The molecule has 3 N–H and O–H groups in total. The second-order valence-corrected chi connectivity index (χ2v) is 5.41. The van der Waals surface area contributed by atoms with E-state index in [2.05, 4.69) is 15.6 Å². The number of hydrogen-bond acceptors (Lipinski definition) is 6. The number of nitrogens with one attached hydrogen (secondary N) is 2. The number of amides is 1. The van der Waals surface area contributed by atoms with Gasteiger partial charge in [0.2, 0.25) is 5.91 Å². The van der Waals surface area contributed by atoms with E-state index in [1.54, 1.807) is 36.5 Å². The Hall–Kier alpha value is -3.13. The first-order chi connectivity index (χ1) is 12.5. The lowest BCUT2D eigenvalue weighted by atomic mass is 10.2. The first-order valence-electron chi connectivity index (χ1n) is 7.91. The van der Waals surface area contributed by atoms with Gasteiger partial charge in [0.1, 0.15) is 17.5 Å². The van der Waals surface area contributed by atoms with Crippen molar-refractivity contribution in [2.75, 3.05) is 19.5 Å². The summed E-state index contributed by atoms with van der Waals surface area (Å²) in [6.45, 7) is 0.247. The summed E-state index contributed by atoms with van der Waals surface area (Å²) in [5, 5.41) is 14.8. The molecular weight excluding hydrogens is 338 g/mol. The van der Waals surface area contributed by atoms with E-state index < -0.39 is 17.9 Å². The lowest BCUT2D eigenvalue weighted by Crippen LogP contribution is -2.39. The highest BCUT2D eigenvalue weighted by atomic mass is 16.5. The minimum atomic E-state index is -1.11. The first kappa shape index (κ1) is 19.2. The molecule has 1 heterocycles. The highest BCUT2D eigenvalue weighted by Gasteiger charge is 2.21. The van der Waals surface area contributed by atoms with E-state index in [1.807, 2.05) is 6.07 Å². The van der Waals surface area contributed by atoms with Gasteiger partial charge in [-0.2, -0.15) is 0 Å². The predicted octanol–water partition coefficient (Wildman–Crippen LogP) is 1.67. The van der Waals surface area contributed by atoms with Crippen LogP contribution in [0.2, 0.25) is 0 Å². The number of carbonyl (C=O) groups excluding carboxylic acids is 1. The summed E-state index contributed by atoms with van der Waals surface area (Å²) in [5.74, 6) is -0.557. The van der Waals surface area contributed by atoms with E-state index in [0.717, 1.165) is 0 Å². The van der Waals surface area contributed by atoms with Gasteiger partial charge in [0.25, 0.3) is 0 Å². The summed E-state index contributed by atoms with van der Waals surface area (Å²) < 4.78 is 10.3. The van der Waals surface area contributed by atoms with Crippen LogP contribution in [0.3, 0.4) is 0 Å². The fourth-order valence-electron chi connectivity index (χ4n) is 2.27. The molecule has 1 unspecified atom stereocenters. The smallest absolute Gasteiger partial charge is 0.321 e. The van der Waals surface area contributed by atoms with Crippen LogP contribution in [0.4, 0.5) is 5.69 Å². The average molecular weight is 359 g/mol. The Morgan fingerprint density at radius 3 is 2.62 bits per heavy atom. The molecule has 2 rings (SSSR count). The Kier molecular flexibility index (Phi) is 6.92. The molecule has 0 saturated heterocycles. The topological polar surface area (TPSA) is 110 Å². The Labute approximate surface area is 151 Å². The maximum atomic E-state index is 12.2. The number of anilines is 1. The number of carboxylic acids is 1. The van der Waals surface area contributed by atoms with Gasteiger partial charge in [-0.25, -0.2) is 0 Å². The summed E-state index contributed by atoms with van der Waals surface area (Å²) in [6, 6.07) is 9.24. The number of methoxy groups -OCH3 is 2. The Morgan fingerprint density at radius 2 is 2.00 bits per heavy atom. The number of pyridine rings is 1. The molecule has 0 radical (unpaired) electrons. The highest BCUT2D eigenvalue weighted by Crippen LogP contribution is 2.29. The van der Waals surface area contributed by atoms with Crippen LogP contribution < -0.4 is 20.1 Å². The molecule has 1 atom stereocenters. The van der Waals surface area contributed by atoms with Gasteiger partial charge in [-0.15, -0.1) is 0 Å². The monoisotopic (exact) mass is 359 g/mol. The normalized spacial score (nSPS) is 11.5. The number of aliphatic carboxylic acids is 1. The van der Waals surface area contributed by atoms with Crippen molar-refractivity contribution < 1.29 is 24.2 Å². The van der Waals surface area contributed by atoms with Crippen molar-refractivity contribution in [3.8, 4) is 11.5 Å². The largest absolute Gasteiger partial charge is 0.497 e. The lowest BCUT2D eigenvalue weighted by Gasteiger charge is -2.15. The van der Waals surface area contributed by atoms with Crippen LogP contribution in [0.1, 0.15) is 12.1 Å². The SMILES string of the molecule is COc1ccc(NC(=O)CC(NCc2ccccn2)C(=O)O)c(OC)c1. The maximum absolute atomic E-state index is 12.2. The zero-order chi connectivity index (χ0) is 18.9. The maximum Gasteiger partial charge on any atom is 0.321 e. The van der Waals surface area contributed by atoms with E-state index >= 15 is 0 Å². The molecule has 0 bridgehead atoms. The molecule has 138 valence electrons. The molecule has 0 spiro atoms. The summed E-state index contributed by atoms with van der Waals surface area (Å²) >= 11 is 0. The van der Waals surface area contributed by atoms with Crippen molar-refractivity contribution in [1.82, 2.24) is 10.3 Å². The number of ether oxygens (including phenoxy) is 2. The van der Waals surface area contributed by atoms with Crippen molar-refractivity contribution in [3.63, 3.8) is 0 Å².